The van der Waals surface area contributed by atoms with Gasteiger partial charge in [-0.1, -0.05) is 30.3 Å². The maximum atomic E-state index is 12.8. The number of nitrogens with zero attached hydrogens (tertiary/aromatic N) is 2. The minimum Gasteiger partial charge on any atom is -0.484 e. The Kier molecular flexibility index (Phi) is 4.97. The second kappa shape index (κ2) is 7.72. The lowest BCUT2D eigenvalue weighted by Gasteiger charge is -2.35. The van der Waals surface area contributed by atoms with E-state index >= 15 is 0 Å². The molecule has 4 rings (SSSR count). The van der Waals surface area contributed by atoms with Crippen LogP contribution < -0.4 is 10.5 Å². The van der Waals surface area contributed by atoms with Crippen LogP contribution in [0.4, 0.5) is 0 Å². The number of rotatable bonds is 5. The van der Waals surface area contributed by atoms with Gasteiger partial charge >= 0.3 is 0 Å². The van der Waals surface area contributed by atoms with Crippen LogP contribution in [0.25, 0.3) is 10.8 Å². The summed E-state index contributed by atoms with van der Waals surface area (Å²) in [5.41, 5.74) is 6.19. The van der Waals surface area contributed by atoms with Crippen LogP contribution in [0, 0.1) is 0 Å². The van der Waals surface area contributed by atoms with Crippen molar-refractivity contribution in [2.45, 2.75) is 25.3 Å². The molecule has 144 valence electrons. The first kappa shape index (κ1) is 18.0. The molecule has 3 aromatic rings. The molecule has 0 spiro atoms. The second-order valence-corrected chi connectivity index (χ2v) is 6.97. The minimum absolute atomic E-state index is 0.0361. The highest BCUT2D eigenvalue weighted by Crippen LogP contribution is 2.30. The molecule has 0 bridgehead atoms. The van der Waals surface area contributed by atoms with Crippen LogP contribution in [0.3, 0.4) is 0 Å². The van der Waals surface area contributed by atoms with E-state index in [0.29, 0.717) is 12.3 Å². The number of hydrogen-bond acceptors (Lipinski definition) is 4. The summed E-state index contributed by atoms with van der Waals surface area (Å²) in [5.74, 6) is -0.0120. The van der Waals surface area contributed by atoms with E-state index in [4.69, 9.17) is 10.5 Å². The third kappa shape index (κ3) is 3.69. The maximum Gasteiger partial charge on any atom is 0.269 e. The molecule has 2 heterocycles. The van der Waals surface area contributed by atoms with Crippen LogP contribution in [-0.4, -0.2) is 40.1 Å². The highest BCUT2D eigenvalue weighted by atomic mass is 16.5. The molecule has 0 aliphatic carbocycles. The van der Waals surface area contributed by atoms with Crippen molar-refractivity contribution >= 4 is 22.6 Å². The van der Waals surface area contributed by atoms with E-state index in [1.807, 2.05) is 42.5 Å². The molecule has 7 heteroatoms. The molecule has 3 N–H and O–H groups in total. The summed E-state index contributed by atoms with van der Waals surface area (Å²) >= 11 is 0. The largest absolute Gasteiger partial charge is 0.484 e. The highest BCUT2D eigenvalue weighted by molar-refractivity contribution is 5.90. The predicted octanol–water partition coefficient (Wildman–Crippen LogP) is 2.79. The molecular weight excluding hydrogens is 356 g/mol. The van der Waals surface area contributed by atoms with E-state index in [9.17, 15) is 9.59 Å². The summed E-state index contributed by atoms with van der Waals surface area (Å²) < 4.78 is 5.77. The number of H-pyrrole nitrogens is 1. The van der Waals surface area contributed by atoms with Crippen molar-refractivity contribution in [2.24, 2.45) is 5.73 Å². The Morgan fingerprint density at radius 2 is 1.96 bits per heavy atom. The van der Waals surface area contributed by atoms with Gasteiger partial charge in [0.1, 0.15) is 11.4 Å². The normalized spacial score (nSPS) is 16.9. The Morgan fingerprint density at radius 1 is 1.14 bits per heavy atom. The van der Waals surface area contributed by atoms with Gasteiger partial charge in [0.2, 0.25) is 0 Å². The summed E-state index contributed by atoms with van der Waals surface area (Å²) in [6.07, 6.45) is 2.75. The number of benzene rings is 2. The summed E-state index contributed by atoms with van der Waals surface area (Å²) in [4.78, 5) is 25.9. The fraction of sp³-hybridized carbons (Fsp3) is 0.286. The van der Waals surface area contributed by atoms with Gasteiger partial charge in [-0.3, -0.25) is 14.7 Å². The van der Waals surface area contributed by atoms with Gasteiger partial charge in [0.25, 0.3) is 11.8 Å². The van der Waals surface area contributed by atoms with E-state index in [-0.39, 0.29) is 24.2 Å². The van der Waals surface area contributed by atoms with Gasteiger partial charge in [-0.15, -0.1) is 0 Å². The van der Waals surface area contributed by atoms with Gasteiger partial charge < -0.3 is 15.4 Å². The zero-order valence-corrected chi connectivity index (χ0v) is 15.4. The lowest BCUT2D eigenvalue weighted by Crippen LogP contribution is -2.41. The van der Waals surface area contributed by atoms with Crippen LogP contribution in [-0.2, 0) is 4.79 Å². The molecule has 2 amide bonds. The van der Waals surface area contributed by atoms with Crippen molar-refractivity contribution in [3.63, 3.8) is 0 Å². The minimum atomic E-state index is -0.587. The van der Waals surface area contributed by atoms with E-state index in [1.54, 1.807) is 11.0 Å². The number of carbonyl (C=O) groups excluding carboxylic acids is 2. The van der Waals surface area contributed by atoms with Crippen molar-refractivity contribution in [1.29, 1.82) is 0 Å². The topological polar surface area (TPSA) is 101 Å². The SMILES string of the molecule is NC(=O)c1cc(C2CCCCN2C(=O)COc2ccc3ccccc3c2)[nH]n1. The number of nitrogens with two attached hydrogens (primary N) is 1. The number of primary amides is 1. The fourth-order valence-electron chi connectivity index (χ4n) is 3.67. The molecule has 0 radical (unpaired) electrons. The number of aromatic amines is 1. The molecule has 1 aromatic heterocycles. The molecule has 0 saturated carbocycles. The predicted molar refractivity (Wildman–Crippen MR) is 105 cm³/mol. The molecule has 28 heavy (non-hydrogen) atoms. The first-order valence-corrected chi connectivity index (χ1v) is 9.38. The number of ether oxygens (including phenoxy) is 1. The average Bonchev–Trinajstić information content (AvgIpc) is 3.22. The van der Waals surface area contributed by atoms with Crippen LogP contribution in [0.15, 0.2) is 48.5 Å². The van der Waals surface area contributed by atoms with Crippen molar-refractivity contribution in [3.05, 3.63) is 59.9 Å². The van der Waals surface area contributed by atoms with Gasteiger partial charge in [-0.05, 0) is 48.2 Å². The number of aromatic nitrogens is 2. The molecular formula is C21H22N4O3. The van der Waals surface area contributed by atoms with E-state index in [1.165, 1.54) is 0 Å². The number of piperidine rings is 1. The second-order valence-electron chi connectivity index (χ2n) is 6.97. The summed E-state index contributed by atoms with van der Waals surface area (Å²) in [7, 11) is 0. The van der Waals surface area contributed by atoms with Crippen molar-refractivity contribution in [3.8, 4) is 5.75 Å². The molecule has 1 saturated heterocycles. The number of nitrogens with one attached hydrogen (secondary N) is 1. The molecule has 1 atom stereocenters. The average molecular weight is 378 g/mol. The van der Waals surface area contributed by atoms with Crippen molar-refractivity contribution < 1.29 is 14.3 Å². The Bertz CT molecular complexity index is 1010. The third-order valence-electron chi connectivity index (χ3n) is 5.12. The van der Waals surface area contributed by atoms with E-state index < -0.39 is 5.91 Å². The van der Waals surface area contributed by atoms with Crippen LogP contribution >= 0.6 is 0 Å². The van der Waals surface area contributed by atoms with Crippen molar-refractivity contribution in [1.82, 2.24) is 15.1 Å². The maximum absolute atomic E-state index is 12.8. The molecule has 1 fully saturated rings. The van der Waals surface area contributed by atoms with Gasteiger partial charge in [0.05, 0.1) is 11.7 Å². The van der Waals surface area contributed by atoms with Crippen LogP contribution in [0.1, 0.15) is 41.5 Å². The molecule has 1 unspecified atom stereocenters. The lowest BCUT2D eigenvalue weighted by atomic mass is 9.99. The molecule has 2 aromatic carbocycles. The molecule has 1 aliphatic heterocycles. The van der Waals surface area contributed by atoms with Gasteiger partial charge in [-0.25, -0.2) is 0 Å². The van der Waals surface area contributed by atoms with E-state index in [2.05, 4.69) is 10.2 Å². The third-order valence-corrected chi connectivity index (χ3v) is 5.12. The number of amides is 2. The zero-order valence-electron chi connectivity index (χ0n) is 15.4. The monoisotopic (exact) mass is 378 g/mol. The standard InChI is InChI=1S/C21H22N4O3/c22-21(27)18-12-17(23-24-18)19-7-3-4-10-25(19)20(26)13-28-16-9-8-14-5-1-2-6-15(14)11-16/h1-2,5-6,8-9,11-12,19H,3-4,7,10,13H2,(H2,22,27)(H,23,24). The van der Waals surface area contributed by atoms with Crippen molar-refractivity contribution in [2.75, 3.05) is 13.2 Å². The number of carbonyl (C=O) groups is 2. The Hall–Kier alpha value is -3.35. The van der Waals surface area contributed by atoms with Gasteiger partial charge in [-0.2, -0.15) is 5.10 Å². The number of likely N-dealkylation sites (tertiary alicyclic amines) is 1. The van der Waals surface area contributed by atoms with E-state index in [0.717, 1.165) is 35.7 Å². The first-order chi connectivity index (χ1) is 13.6. The smallest absolute Gasteiger partial charge is 0.269 e. The quantitative estimate of drug-likeness (QED) is 0.713. The van der Waals surface area contributed by atoms with Crippen LogP contribution in [0.5, 0.6) is 5.75 Å². The zero-order chi connectivity index (χ0) is 19.5. The Morgan fingerprint density at radius 3 is 2.75 bits per heavy atom. The Labute approximate surface area is 162 Å². The summed E-state index contributed by atoms with van der Waals surface area (Å²) in [6.45, 7) is 0.612. The summed E-state index contributed by atoms with van der Waals surface area (Å²) in [6, 6.07) is 15.3. The fourth-order valence-corrected chi connectivity index (χ4v) is 3.67. The number of fused-ring (bicyclic) bond motifs is 1. The molecule has 1 aliphatic rings. The Balaban J connectivity index is 1.46. The van der Waals surface area contributed by atoms with Gasteiger partial charge in [0, 0.05) is 6.54 Å². The highest BCUT2D eigenvalue weighted by Gasteiger charge is 2.30. The summed E-state index contributed by atoms with van der Waals surface area (Å²) in [5, 5.41) is 8.98. The number of hydrogen-bond donors (Lipinski definition) is 2. The lowest BCUT2D eigenvalue weighted by molar-refractivity contribution is -0.137. The first-order valence-electron chi connectivity index (χ1n) is 9.38. The van der Waals surface area contributed by atoms with Crippen LogP contribution in [0.2, 0.25) is 0 Å². The van der Waals surface area contributed by atoms with Gasteiger partial charge in [0.15, 0.2) is 6.61 Å². The molecule has 7 nitrogen and oxygen atoms in total.